The van der Waals surface area contributed by atoms with Crippen LogP contribution in [0.1, 0.15) is 23.0 Å². The molecule has 0 atom stereocenters. The number of benzene rings is 6. The van der Waals surface area contributed by atoms with E-state index in [-0.39, 0.29) is 66.9 Å². The first-order chi connectivity index (χ1) is 47.0. The quantitative estimate of drug-likeness (QED) is 0.118. The molecule has 0 unspecified atom stereocenters. The van der Waals surface area contributed by atoms with Crippen molar-refractivity contribution in [2.75, 3.05) is 40.0 Å². The average molecular weight is 1750 g/mol. The first-order valence-corrected chi connectivity index (χ1v) is 40.0. The van der Waals surface area contributed by atoms with Crippen molar-refractivity contribution in [1.29, 1.82) is 0 Å². The molecule has 0 bridgehead atoms. The Balaban J connectivity index is 0.000000205. The monoisotopic (exact) mass is 1750 g/mol. The standard InChI is InChI=1S/2C13H13P.2C9H8N3.C8H4F3N4.C8H7N4.2C8H11P.2Os/c2*1-14(12-8-4-2-5-9-12)13-10-6-3-7-11-13;2*1-7-6-9(12-11-7)8-4-2-3-5-10-8;9-8(10,11)7-13-6(14-15-7)5-3-1-2-4-12-5;1-6-10-8(12-11-6)7-4-2-3-5-9-7;2*1-9(2)8-6-4-3-5-7-8;;/h2*2-11H,1H3;2*2-6H,1H3;1-4H;2-5H,1H3;2*3-7H,1-2H3;;/q;;4*-1;;;2*+2/p+4. The fourth-order valence-electron chi connectivity index (χ4n) is 8.57. The molecule has 0 amide bonds. The zero-order valence-electron chi connectivity index (χ0n) is 56.3. The number of hydrogen-bond acceptors (Lipinski definition) is 10. The maximum Gasteiger partial charge on any atom is 2.00 e. The number of rotatable bonds is 10. The van der Waals surface area contributed by atoms with Crippen molar-refractivity contribution in [1.82, 2.24) is 70.7 Å². The molecule has 8 heterocycles. The van der Waals surface area contributed by atoms with Gasteiger partial charge in [0.25, 0.3) is 0 Å². The van der Waals surface area contributed by atoms with Crippen LogP contribution in [-0.4, -0.2) is 90.3 Å². The number of aromatic nitrogens is 14. The van der Waals surface area contributed by atoms with E-state index in [0.717, 1.165) is 39.9 Å². The SMILES string of the molecule is C[PH+](C)c1ccccc1.C[PH+](C)c1ccccc1.C[PH+](c1ccccc1)c1ccccc1.C[PH+](c1ccccc1)c1ccccc1.Cc1cc(-c2ccccn2)[n-]n1.Cc1cc(-c2ccccn2)[n-]n1.Cc1n[n-]c(-c2ccccn2)n1.FC(F)(F)c1n[n-]c(-c2ccccn2)n1.[Os+2].[Os+2]. The Morgan fingerprint density at radius 2 is 0.576 bits per heavy atom. The zero-order valence-corrected chi connectivity index (χ0v) is 65.4. The number of halogens is 3. The summed E-state index contributed by atoms with van der Waals surface area (Å²) in [5.41, 5.74) is 6.31. The molecule has 6 aromatic carbocycles. The molecule has 506 valence electrons. The van der Waals surface area contributed by atoms with E-state index in [2.05, 4.69) is 293 Å². The van der Waals surface area contributed by atoms with Crippen molar-refractivity contribution in [3.05, 3.63) is 315 Å². The molecular formula is C76H79F3N14Os2P4+4. The maximum absolute atomic E-state index is 12.1. The summed E-state index contributed by atoms with van der Waals surface area (Å²) in [5, 5.41) is 38.6. The summed E-state index contributed by atoms with van der Waals surface area (Å²) in [5.74, 6) is -0.102. The van der Waals surface area contributed by atoms with E-state index in [1.807, 2.05) is 80.6 Å². The normalized spacial score (nSPS) is 10.2. The van der Waals surface area contributed by atoms with Crippen LogP contribution in [0, 0.1) is 20.8 Å². The van der Waals surface area contributed by atoms with Gasteiger partial charge in [0.2, 0.25) is 0 Å². The van der Waals surface area contributed by atoms with E-state index >= 15 is 0 Å². The molecular weight excluding hydrogens is 1670 g/mol. The van der Waals surface area contributed by atoms with Crippen LogP contribution in [0.5, 0.6) is 0 Å². The molecule has 0 aliphatic rings. The van der Waals surface area contributed by atoms with Gasteiger partial charge in [0.15, 0.2) is 0 Å². The Kier molecular flexibility index (Phi) is 36.4. The van der Waals surface area contributed by atoms with Crippen LogP contribution in [0.2, 0.25) is 0 Å². The minimum Gasteiger partial charge on any atom is -0.574 e. The topological polar surface area (TPSA) is 185 Å². The second kappa shape index (κ2) is 44.4. The fraction of sp³-hybridized carbons (Fsp3) is 0.132. The fourth-order valence-corrected chi connectivity index (χ4v) is 13.7. The summed E-state index contributed by atoms with van der Waals surface area (Å²) in [6.45, 7) is 19.5. The molecule has 14 nitrogen and oxygen atoms in total. The zero-order chi connectivity index (χ0) is 69.0. The summed E-state index contributed by atoms with van der Waals surface area (Å²) in [7, 11) is -1.51. The minimum atomic E-state index is -4.57. The predicted octanol–water partition coefficient (Wildman–Crippen LogP) is 13.7. The summed E-state index contributed by atoms with van der Waals surface area (Å²) in [4.78, 5) is 23.6. The number of pyridine rings is 4. The molecule has 14 aromatic rings. The number of alkyl halides is 3. The third-order valence-electron chi connectivity index (χ3n) is 13.8. The van der Waals surface area contributed by atoms with Crippen LogP contribution < -0.4 is 52.2 Å². The van der Waals surface area contributed by atoms with Gasteiger partial charge in [-0.3, -0.25) is 30.1 Å². The van der Waals surface area contributed by atoms with E-state index in [1.54, 1.807) is 37.6 Å². The number of nitrogens with zero attached hydrogens (tertiary/aromatic N) is 14. The molecule has 0 saturated carbocycles. The van der Waals surface area contributed by atoms with Gasteiger partial charge in [0.1, 0.15) is 5.82 Å². The van der Waals surface area contributed by atoms with Gasteiger partial charge in [-0.25, -0.2) is 0 Å². The van der Waals surface area contributed by atoms with Crippen molar-refractivity contribution in [3.63, 3.8) is 0 Å². The van der Waals surface area contributed by atoms with E-state index in [9.17, 15) is 13.2 Å². The second-order valence-corrected chi connectivity index (χ2v) is 31.7. The van der Waals surface area contributed by atoms with Crippen LogP contribution in [0.4, 0.5) is 13.2 Å². The van der Waals surface area contributed by atoms with Crippen molar-refractivity contribution in [2.24, 2.45) is 0 Å². The largest absolute Gasteiger partial charge is 2.00 e. The first-order valence-electron chi connectivity index (χ1n) is 31.0. The average Bonchev–Trinajstić information content (AvgIpc) is 1.71. The van der Waals surface area contributed by atoms with Gasteiger partial charge in [-0.1, -0.05) is 157 Å². The van der Waals surface area contributed by atoms with Crippen molar-refractivity contribution < 1.29 is 52.8 Å². The van der Waals surface area contributed by atoms with E-state index in [1.165, 1.54) is 44.1 Å². The summed E-state index contributed by atoms with van der Waals surface area (Å²) >= 11 is 0. The predicted molar refractivity (Wildman–Crippen MR) is 403 cm³/mol. The van der Waals surface area contributed by atoms with Crippen molar-refractivity contribution >= 4 is 63.5 Å². The Morgan fingerprint density at radius 1 is 0.303 bits per heavy atom. The summed E-state index contributed by atoms with van der Waals surface area (Å²) < 4.78 is 36.4. The van der Waals surface area contributed by atoms with Gasteiger partial charge < -0.3 is 40.6 Å². The molecule has 0 saturated heterocycles. The second-order valence-electron chi connectivity index (χ2n) is 21.7. The Hall–Kier alpha value is -8.60. The molecule has 99 heavy (non-hydrogen) atoms. The smallest absolute Gasteiger partial charge is 0.574 e. The molecule has 8 aromatic heterocycles. The maximum atomic E-state index is 12.1. The van der Waals surface area contributed by atoms with Gasteiger partial charge in [-0.05, 0) is 154 Å². The number of aryl methyl sites for hydroxylation is 3. The van der Waals surface area contributed by atoms with Gasteiger partial charge >= 0.3 is 45.8 Å². The first kappa shape index (κ1) is 81.1. The van der Waals surface area contributed by atoms with Crippen LogP contribution in [0.3, 0.4) is 0 Å². The van der Waals surface area contributed by atoms with Gasteiger partial charge in [0, 0.05) is 69.2 Å². The van der Waals surface area contributed by atoms with Crippen LogP contribution in [-0.2, 0) is 45.8 Å². The van der Waals surface area contributed by atoms with E-state index in [0.29, 0.717) is 11.6 Å². The van der Waals surface area contributed by atoms with Crippen LogP contribution >= 0.6 is 31.7 Å². The van der Waals surface area contributed by atoms with E-state index < -0.39 is 27.8 Å². The molecule has 0 aliphatic heterocycles. The van der Waals surface area contributed by atoms with Crippen LogP contribution in [0.25, 0.3) is 45.8 Å². The van der Waals surface area contributed by atoms with Gasteiger partial charge in [-0.15, -0.1) is 0 Å². The Labute approximate surface area is 610 Å². The van der Waals surface area contributed by atoms with Crippen molar-refractivity contribution in [2.45, 2.75) is 26.9 Å². The molecule has 23 heteroatoms. The van der Waals surface area contributed by atoms with Gasteiger partial charge in [0.05, 0.1) is 99.0 Å². The third-order valence-corrected chi connectivity index (χ3v) is 21.5. The molecule has 0 aliphatic carbocycles. The Morgan fingerprint density at radius 3 is 0.798 bits per heavy atom. The molecule has 0 radical (unpaired) electrons. The minimum absolute atomic E-state index is 0. The molecule has 0 fully saturated rings. The Bertz CT molecular complexity index is 3960. The van der Waals surface area contributed by atoms with E-state index in [4.69, 9.17) is 0 Å². The molecule has 0 spiro atoms. The summed E-state index contributed by atoms with van der Waals surface area (Å²) in [6.07, 6.45) is 2.08. The molecule has 14 rings (SSSR count). The van der Waals surface area contributed by atoms with Crippen LogP contribution in [0.15, 0.2) is 292 Å². The number of hydrogen-bond donors (Lipinski definition) is 0. The third kappa shape index (κ3) is 29.0. The van der Waals surface area contributed by atoms with Gasteiger partial charge in [-0.2, -0.15) is 13.2 Å². The van der Waals surface area contributed by atoms with Crippen molar-refractivity contribution in [3.8, 4) is 45.8 Å². The summed E-state index contributed by atoms with van der Waals surface area (Å²) in [6, 6.07) is 90.1. The molecule has 0 N–H and O–H groups in total.